The molecule has 9 nitrogen and oxygen atoms in total. The van der Waals surface area contributed by atoms with E-state index < -0.39 is 37.3 Å². The molecule has 1 aliphatic rings. The van der Waals surface area contributed by atoms with Crippen molar-refractivity contribution in [1.82, 2.24) is 0 Å². The first-order valence-corrected chi connectivity index (χ1v) is 5.54. The average molecular weight is 263 g/mol. The molecule has 0 aromatic rings. The number of nitrogens with zero attached hydrogens (tertiary/aromatic N) is 3. The summed E-state index contributed by atoms with van der Waals surface area (Å²) in [6, 6.07) is 0. The molecule has 0 spiro atoms. The molecule has 1 heterocycles. The Bertz CT molecular complexity index is 296. The number of hydrogen-bond donors (Lipinski definition) is 4. The minimum atomic E-state index is -1.45. The van der Waals surface area contributed by atoms with Crippen LogP contribution in [0.25, 0.3) is 10.4 Å². The first-order chi connectivity index (χ1) is 8.61. The Morgan fingerprint density at radius 1 is 1.22 bits per heavy atom. The van der Waals surface area contributed by atoms with E-state index in [0.29, 0.717) is 6.42 Å². The van der Waals surface area contributed by atoms with E-state index in [1.165, 1.54) is 0 Å². The molecule has 1 saturated heterocycles. The Labute approximate surface area is 103 Å². The van der Waals surface area contributed by atoms with Gasteiger partial charge in [-0.25, -0.2) is 0 Å². The molecule has 0 amide bonds. The molecule has 1 fully saturated rings. The molecule has 104 valence electrons. The highest BCUT2D eigenvalue weighted by atomic mass is 16.7. The smallest absolute Gasteiger partial charge is 0.186 e. The predicted octanol–water partition coefficient (Wildman–Crippen LogP) is -1.50. The van der Waals surface area contributed by atoms with Gasteiger partial charge in [-0.05, 0) is 12.0 Å². The molecular weight excluding hydrogens is 246 g/mol. The van der Waals surface area contributed by atoms with Crippen LogP contribution >= 0.6 is 0 Å². The largest absolute Gasteiger partial charge is 0.394 e. The Hall–Kier alpha value is -0.930. The molecule has 0 aromatic carbocycles. The third-order valence-corrected chi connectivity index (χ3v) is 2.60. The van der Waals surface area contributed by atoms with Crippen molar-refractivity contribution in [3.05, 3.63) is 10.4 Å². The highest BCUT2D eigenvalue weighted by Crippen LogP contribution is 2.21. The molecule has 18 heavy (non-hydrogen) atoms. The van der Waals surface area contributed by atoms with Gasteiger partial charge in [-0.1, -0.05) is 5.11 Å². The summed E-state index contributed by atoms with van der Waals surface area (Å²) < 4.78 is 10.3. The fraction of sp³-hybridized carbons (Fsp3) is 1.00. The van der Waals surface area contributed by atoms with E-state index in [9.17, 15) is 15.3 Å². The van der Waals surface area contributed by atoms with E-state index in [-0.39, 0.29) is 13.2 Å². The van der Waals surface area contributed by atoms with Crippen molar-refractivity contribution in [1.29, 1.82) is 0 Å². The molecule has 0 radical (unpaired) electrons. The van der Waals surface area contributed by atoms with Gasteiger partial charge in [0.05, 0.1) is 6.61 Å². The number of rotatable bonds is 6. The highest BCUT2D eigenvalue weighted by molar-refractivity contribution is 4.88. The normalized spacial score (nSPS) is 36.1. The summed E-state index contributed by atoms with van der Waals surface area (Å²) in [6.45, 7) is -0.0981. The molecule has 0 aromatic heterocycles. The van der Waals surface area contributed by atoms with Gasteiger partial charge in [-0.2, -0.15) is 0 Å². The number of azide groups is 1. The van der Waals surface area contributed by atoms with Crippen LogP contribution in [-0.2, 0) is 9.47 Å². The van der Waals surface area contributed by atoms with E-state index >= 15 is 0 Å². The summed E-state index contributed by atoms with van der Waals surface area (Å²) in [5.74, 6) is 0. The Balaban J connectivity index is 2.41. The van der Waals surface area contributed by atoms with Crippen LogP contribution in [-0.4, -0.2) is 70.9 Å². The van der Waals surface area contributed by atoms with Crippen LogP contribution in [0.5, 0.6) is 0 Å². The van der Waals surface area contributed by atoms with Crippen LogP contribution < -0.4 is 0 Å². The maximum Gasteiger partial charge on any atom is 0.186 e. The molecule has 1 aliphatic heterocycles. The standard InChI is InChI=1S/C9H17N3O6/c10-12-11-2-1-3-17-9-8(16)7(15)6(14)5(4-13)18-9/h5-9,13-16H,1-4H2/t5-,6+,7+,8-,9-/m1/s1. The van der Waals surface area contributed by atoms with Crippen LogP contribution in [0.2, 0.25) is 0 Å². The van der Waals surface area contributed by atoms with Crippen molar-refractivity contribution in [2.75, 3.05) is 19.8 Å². The van der Waals surface area contributed by atoms with Gasteiger partial charge in [0.1, 0.15) is 24.4 Å². The molecular formula is C9H17N3O6. The number of aliphatic hydroxyl groups excluding tert-OH is 4. The van der Waals surface area contributed by atoms with Crippen molar-refractivity contribution < 1.29 is 29.9 Å². The zero-order valence-corrected chi connectivity index (χ0v) is 9.66. The summed E-state index contributed by atoms with van der Waals surface area (Å²) in [7, 11) is 0. The zero-order chi connectivity index (χ0) is 13.5. The second kappa shape index (κ2) is 7.49. The lowest BCUT2D eigenvalue weighted by Gasteiger charge is -2.39. The van der Waals surface area contributed by atoms with Crippen LogP contribution in [0.4, 0.5) is 0 Å². The maximum atomic E-state index is 9.60. The van der Waals surface area contributed by atoms with Gasteiger partial charge in [0.25, 0.3) is 0 Å². The van der Waals surface area contributed by atoms with E-state index in [1.807, 2.05) is 0 Å². The SMILES string of the molecule is [N-]=[N+]=NCCCO[C@@H]1O[C@H](CO)[C@H](O)[C@H](O)[C@H]1O. The summed E-state index contributed by atoms with van der Waals surface area (Å²) in [6.07, 6.45) is -5.93. The molecule has 4 N–H and O–H groups in total. The van der Waals surface area contributed by atoms with Gasteiger partial charge in [0.15, 0.2) is 6.29 Å². The summed E-state index contributed by atoms with van der Waals surface area (Å²) in [4.78, 5) is 2.56. The fourth-order valence-corrected chi connectivity index (χ4v) is 1.58. The van der Waals surface area contributed by atoms with Crippen molar-refractivity contribution in [3.8, 4) is 0 Å². The number of aliphatic hydroxyl groups is 4. The molecule has 1 rings (SSSR count). The average Bonchev–Trinajstić information content (AvgIpc) is 2.38. The van der Waals surface area contributed by atoms with Crippen LogP contribution in [0.1, 0.15) is 6.42 Å². The lowest BCUT2D eigenvalue weighted by atomic mass is 9.99. The lowest BCUT2D eigenvalue weighted by molar-refractivity contribution is -0.301. The van der Waals surface area contributed by atoms with E-state index in [0.717, 1.165) is 0 Å². The molecule has 0 saturated carbocycles. The number of hydrogen-bond acceptors (Lipinski definition) is 7. The van der Waals surface area contributed by atoms with E-state index in [4.69, 9.17) is 20.1 Å². The number of ether oxygens (including phenoxy) is 2. The Kier molecular flexibility index (Phi) is 6.30. The second-order valence-electron chi connectivity index (χ2n) is 3.88. The Morgan fingerprint density at radius 3 is 2.56 bits per heavy atom. The van der Waals surface area contributed by atoms with Crippen LogP contribution in [0, 0.1) is 0 Å². The fourth-order valence-electron chi connectivity index (χ4n) is 1.58. The van der Waals surface area contributed by atoms with Gasteiger partial charge in [0.2, 0.25) is 0 Å². The first-order valence-electron chi connectivity index (χ1n) is 5.54. The predicted molar refractivity (Wildman–Crippen MR) is 58.3 cm³/mol. The molecule has 0 aliphatic carbocycles. The van der Waals surface area contributed by atoms with Crippen molar-refractivity contribution in [2.24, 2.45) is 5.11 Å². The van der Waals surface area contributed by atoms with E-state index in [2.05, 4.69) is 10.0 Å². The van der Waals surface area contributed by atoms with E-state index in [1.54, 1.807) is 0 Å². The third-order valence-electron chi connectivity index (χ3n) is 2.60. The first kappa shape index (κ1) is 15.1. The molecule has 0 bridgehead atoms. The summed E-state index contributed by atoms with van der Waals surface area (Å²) in [5.41, 5.74) is 8.05. The Morgan fingerprint density at radius 2 is 1.94 bits per heavy atom. The van der Waals surface area contributed by atoms with Crippen LogP contribution in [0.3, 0.4) is 0 Å². The highest BCUT2D eigenvalue weighted by Gasteiger charge is 2.43. The van der Waals surface area contributed by atoms with Gasteiger partial charge >= 0.3 is 0 Å². The van der Waals surface area contributed by atoms with Crippen LogP contribution in [0.15, 0.2) is 5.11 Å². The van der Waals surface area contributed by atoms with Crippen molar-refractivity contribution in [2.45, 2.75) is 37.1 Å². The van der Waals surface area contributed by atoms with Gasteiger partial charge in [-0.3, -0.25) is 0 Å². The third kappa shape index (κ3) is 3.79. The second-order valence-corrected chi connectivity index (χ2v) is 3.88. The molecule has 9 heteroatoms. The van der Waals surface area contributed by atoms with Crippen molar-refractivity contribution >= 4 is 0 Å². The quantitative estimate of drug-likeness (QED) is 0.198. The zero-order valence-electron chi connectivity index (χ0n) is 9.66. The summed E-state index contributed by atoms with van der Waals surface area (Å²) >= 11 is 0. The van der Waals surface area contributed by atoms with Crippen molar-refractivity contribution in [3.63, 3.8) is 0 Å². The minimum absolute atomic E-state index is 0.154. The topological polar surface area (TPSA) is 148 Å². The summed E-state index contributed by atoms with van der Waals surface area (Å²) in [5, 5.41) is 40.8. The monoisotopic (exact) mass is 263 g/mol. The minimum Gasteiger partial charge on any atom is -0.394 e. The van der Waals surface area contributed by atoms with Gasteiger partial charge < -0.3 is 29.9 Å². The molecule has 5 atom stereocenters. The molecule has 0 unspecified atom stereocenters. The lowest BCUT2D eigenvalue weighted by Crippen LogP contribution is -2.59. The maximum absolute atomic E-state index is 9.60. The van der Waals surface area contributed by atoms with Gasteiger partial charge in [-0.15, -0.1) is 0 Å². The van der Waals surface area contributed by atoms with Gasteiger partial charge in [0, 0.05) is 18.1 Å².